The molecule has 0 saturated carbocycles. The van der Waals surface area contributed by atoms with Crippen molar-refractivity contribution >= 4 is 44.9 Å². The molecule has 0 atom stereocenters. The number of aryl methyl sites for hydroxylation is 3. The Balaban J connectivity index is 1.71. The van der Waals surface area contributed by atoms with Crippen LogP contribution in [0.4, 0.5) is 5.82 Å². The van der Waals surface area contributed by atoms with Crippen molar-refractivity contribution in [1.82, 2.24) is 19.1 Å². The normalized spacial score (nSPS) is 13.6. The van der Waals surface area contributed by atoms with E-state index < -0.39 is 17.0 Å². The number of carbonyl (C=O) groups excluding carboxylic acids is 1. The van der Waals surface area contributed by atoms with Crippen LogP contribution in [0.25, 0.3) is 10.2 Å². The minimum atomic E-state index is -0.673. The molecule has 3 heterocycles. The third kappa shape index (κ3) is 3.29. The maximum Gasteiger partial charge on any atom is 0.332 e. The first kappa shape index (κ1) is 19.8. The van der Waals surface area contributed by atoms with Gasteiger partial charge in [0, 0.05) is 24.4 Å². The SMILES string of the molecule is Cc1nc(SCC(=O)c2c(N)n(C)c(=O)n(C)c2=O)c2c3c(sc2n1)CCCC3. The number of hydrogen-bond donors (Lipinski definition) is 1. The number of hydrogen-bond acceptors (Lipinski definition) is 8. The molecular weight excluding hydrogens is 410 g/mol. The Morgan fingerprint density at radius 3 is 2.66 bits per heavy atom. The van der Waals surface area contributed by atoms with Crippen LogP contribution in [0.15, 0.2) is 14.6 Å². The van der Waals surface area contributed by atoms with Crippen molar-refractivity contribution in [2.75, 3.05) is 11.5 Å². The second kappa shape index (κ2) is 7.42. The van der Waals surface area contributed by atoms with Gasteiger partial charge in [-0.15, -0.1) is 11.3 Å². The molecule has 2 N–H and O–H groups in total. The van der Waals surface area contributed by atoms with Gasteiger partial charge in [-0.25, -0.2) is 14.8 Å². The molecule has 152 valence electrons. The third-order valence-electron chi connectivity index (χ3n) is 5.22. The molecule has 0 aliphatic heterocycles. The second-order valence-electron chi connectivity index (χ2n) is 7.14. The number of anilines is 1. The smallest absolute Gasteiger partial charge is 0.332 e. The summed E-state index contributed by atoms with van der Waals surface area (Å²) in [7, 11) is 2.78. The Bertz CT molecular complexity index is 1270. The predicted octanol–water partition coefficient (Wildman–Crippen LogP) is 1.83. The minimum absolute atomic E-state index is 0.00776. The van der Waals surface area contributed by atoms with Crippen molar-refractivity contribution in [3.63, 3.8) is 0 Å². The van der Waals surface area contributed by atoms with E-state index >= 15 is 0 Å². The lowest BCUT2D eigenvalue weighted by molar-refractivity contribution is 0.102. The van der Waals surface area contributed by atoms with Gasteiger partial charge in [0.05, 0.1) is 5.75 Å². The van der Waals surface area contributed by atoms with Crippen LogP contribution in [0.3, 0.4) is 0 Å². The fourth-order valence-corrected chi connectivity index (χ4v) is 6.00. The van der Waals surface area contributed by atoms with Gasteiger partial charge < -0.3 is 5.73 Å². The average molecular weight is 432 g/mol. The predicted molar refractivity (Wildman–Crippen MR) is 115 cm³/mol. The molecule has 0 radical (unpaired) electrons. The van der Waals surface area contributed by atoms with Crippen molar-refractivity contribution < 1.29 is 4.79 Å². The number of nitrogens with two attached hydrogens (primary N) is 1. The zero-order chi connectivity index (χ0) is 20.9. The second-order valence-corrected chi connectivity index (χ2v) is 9.19. The van der Waals surface area contributed by atoms with Crippen LogP contribution in [0.1, 0.15) is 39.5 Å². The number of ketones is 1. The van der Waals surface area contributed by atoms with Gasteiger partial charge in [0.1, 0.15) is 27.1 Å². The highest BCUT2D eigenvalue weighted by atomic mass is 32.2. The number of thiophene rings is 1. The number of rotatable bonds is 4. The molecular formula is C19H21N5O3S2. The Morgan fingerprint density at radius 2 is 1.90 bits per heavy atom. The lowest BCUT2D eigenvalue weighted by Crippen LogP contribution is -2.41. The molecule has 0 aromatic carbocycles. The number of thioether (sulfide) groups is 1. The summed E-state index contributed by atoms with van der Waals surface area (Å²) in [4.78, 5) is 48.7. The quantitative estimate of drug-likeness (QED) is 0.381. The molecule has 1 aliphatic rings. The molecule has 3 aromatic heterocycles. The van der Waals surface area contributed by atoms with Crippen molar-refractivity contribution in [2.45, 2.75) is 37.6 Å². The summed E-state index contributed by atoms with van der Waals surface area (Å²) in [6.07, 6.45) is 4.38. The Hall–Kier alpha value is -2.46. The lowest BCUT2D eigenvalue weighted by atomic mass is 9.97. The van der Waals surface area contributed by atoms with Crippen molar-refractivity contribution in [1.29, 1.82) is 0 Å². The highest BCUT2D eigenvalue weighted by molar-refractivity contribution is 8.00. The molecule has 1 aliphatic carbocycles. The number of Topliss-reactive ketones (excluding diaryl/α,β-unsaturated/α-hetero) is 1. The van der Waals surface area contributed by atoms with E-state index in [2.05, 4.69) is 9.97 Å². The van der Waals surface area contributed by atoms with E-state index in [0.29, 0.717) is 5.82 Å². The molecule has 0 spiro atoms. The van der Waals surface area contributed by atoms with Gasteiger partial charge >= 0.3 is 5.69 Å². The summed E-state index contributed by atoms with van der Waals surface area (Å²) in [5, 5.41) is 1.80. The summed E-state index contributed by atoms with van der Waals surface area (Å²) < 4.78 is 2.01. The average Bonchev–Trinajstić information content (AvgIpc) is 3.07. The molecule has 0 fully saturated rings. The third-order valence-corrected chi connectivity index (χ3v) is 7.38. The molecule has 4 rings (SSSR count). The van der Waals surface area contributed by atoms with Crippen LogP contribution < -0.4 is 17.0 Å². The van der Waals surface area contributed by atoms with Gasteiger partial charge in [-0.05, 0) is 38.2 Å². The molecule has 0 amide bonds. The molecule has 3 aromatic rings. The van der Waals surface area contributed by atoms with Crippen LogP contribution in [0.2, 0.25) is 0 Å². The fourth-order valence-electron chi connectivity index (χ4n) is 3.66. The summed E-state index contributed by atoms with van der Waals surface area (Å²) in [6.45, 7) is 1.84. The topological polar surface area (TPSA) is 113 Å². The molecule has 0 bridgehead atoms. The number of nitrogens with zero attached hydrogens (tertiary/aromatic N) is 4. The number of nitrogen functional groups attached to an aromatic ring is 1. The van der Waals surface area contributed by atoms with E-state index in [1.165, 1.54) is 42.7 Å². The van der Waals surface area contributed by atoms with Crippen LogP contribution in [-0.2, 0) is 26.9 Å². The highest BCUT2D eigenvalue weighted by Crippen LogP contribution is 2.39. The standard InChI is InChI=1S/C19H21N5O3S2/c1-9-21-16(13-10-6-4-5-7-12(10)29-17(13)22-9)28-8-11(25)14-15(20)23(2)19(27)24(3)18(14)26/h4-8,20H2,1-3H3. The van der Waals surface area contributed by atoms with Gasteiger partial charge in [-0.3, -0.25) is 18.7 Å². The Labute approximate surface area is 174 Å². The van der Waals surface area contributed by atoms with Gasteiger partial charge in [0.25, 0.3) is 5.56 Å². The Kier molecular flexibility index (Phi) is 5.07. The van der Waals surface area contributed by atoms with Crippen molar-refractivity contribution in [3.05, 3.63) is 42.7 Å². The summed E-state index contributed by atoms with van der Waals surface area (Å²) in [6, 6.07) is 0. The van der Waals surface area contributed by atoms with Crippen LogP contribution in [-0.4, -0.2) is 30.6 Å². The summed E-state index contributed by atoms with van der Waals surface area (Å²) in [5.41, 5.74) is 5.81. The van der Waals surface area contributed by atoms with E-state index in [0.717, 1.165) is 43.6 Å². The maximum absolute atomic E-state index is 12.9. The lowest BCUT2D eigenvalue weighted by Gasteiger charge is -2.12. The van der Waals surface area contributed by atoms with Gasteiger partial charge in [0.2, 0.25) is 0 Å². The van der Waals surface area contributed by atoms with E-state index in [1.54, 1.807) is 11.3 Å². The van der Waals surface area contributed by atoms with Gasteiger partial charge in [0.15, 0.2) is 5.78 Å². The zero-order valence-electron chi connectivity index (χ0n) is 16.4. The van der Waals surface area contributed by atoms with Crippen LogP contribution in [0.5, 0.6) is 0 Å². The first-order valence-corrected chi connectivity index (χ1v) is 11.1. The van der Waals surface area contributed by atoms with Crippen molar-refractivity contribution in [3.8, 4) is 0 Å². The zero-order valence-corrected chi connectivity index (χ0v) is 18.1. The van der Waals surface area contributed by atoms with Gasteiger partial charge in [-0.2, -0.15) is 0 Å². The van der Waals surface area contributed by atoms with Crippen LogP contribution >= 0.6 is 23.1 Å². The number of carbonyl (C=O) groups is 1. The van der Waals surface area contributed by atoms with E-state index in [1.807, 2.05) is 6.92 Å². The molecule has 29 heavy (non-hydrogen) atoms. The number of aromatic nitrogens is 4. The summed E-state index contributed by atoms with van der Waals surface area (Å²) >= 11 is 3.00. The monoisotopic (exact) mass is 431 g/mol. The molecule has 0 unspecified atom stereocenters. The highest BCUT2D eigenvalue weighted by Gasteiger charge is 2.24. The maximum atomic E-state index is 12.9. The van der Waals surface area contributed by atoms with E-state index in [-0.39, 0.29) is 17.1 Å². The van der Waals surface area contributed by atoms with E-state index in [9.17, 15) is 14.4 Å². The van der Waals surface area contributed by atoms with Crippen LogP contribution in [0, 0.1) is 6.92 Å². The van der Waals surface area contributed by atoms with E-state index in [4.69, 9.17) is 5.73 Å². The Morgan fingerprint density at radius 1 is 1.17 bits per heavy atom. The first-order chi connectivity index (χ1) is 13.8. The van der Waals surface area contributed by atoms with Gasteiger partial charge in [-0.1, -0.05) is 11.8 Å². The first-order valence-electron chi connectivity index (χ1n) is 9.30. The molecule has 10 heteroatoms. The fraction of sp³-hybridized carbons (Fsp3) is 0.421. The molecule has 0 saturated heterocycles. The van der Waals surface area contributed by atoms with Crippen molar-refractivity contribution in [2.24, 2.45) is 14.1 Å². The molecule has 8 nitrogen and oxygen atoms in total. The minimum Gasteiger partial charge on any atom is -0.384 e. The largest absolute Gasteiger partial charge is 0.384 e. The summed E-state index contributed by atoms with van der Waals surface area (Å²) in [5.74, 6) is 0.134. The number of fused-ring (bicyclic) bond motifs is 3.